The van der Waals surface area contributed by atoms with Gasteiger partial charge in [-0.3, -0.25) is 14.4 Å². The summed E-state index contributed by atoms with van der Waals surface area (Å²) in [7, 11) is 1.74. The van der Waals surface area contributed by atoms with E-state index in [4.69, 9.17) is 4.74 Å². The van der Waals surface area contributed by atoms with E-state index in [1.807, 2.05) is 0 Å². The molecule has 1 fully saturated rings. The van der Waals surface area contributed by atoms with Crippen LogP contribution >= 0.6 is 11.3 Å². The summed E-state index contributed by atoms with van der Waals surface area (Å²) in [6.07, 6.45) is 0. The molecule has 0 spiro atoms. The molecule has 1 atom stereocenters. The molecule has 8 heteroatoms. The van der Waals surface area contributed by atoms with Crippen LogP contribution in [0.15, 0.2) is 47.2 Å². The number of carbonyl (C=O) groups excluding carboxylic acids is 1. The Balaban J connectivity index is 1.47. The van der Waals surface area contributed by atoms with Gasteiger partial charge in [-0.1, -0.05) is 0 Å². The molecule has 0 bridgehead atoms. The number of hydrogen-bond donors (Lipinski definition) is 1. The maximum absolute atomic E-state index is 13.2. The van der Waals surface area contributed by atoms with Gasteiger partial charge in [0.15, 0.2) is 0 Å². The van der Waals surface area contributed by atoms with E-state index in [0.29, 0.717) is 31.1 Å². The second-order valence-electron chi connectivity index (χ2n) is 6.98. The molecule has 29 heavy (non-hydrogen) atoms. The van der Waals surface area contributed by atoms with E-state index in [0.717, 1.165) is 18.7 Å². The Labute approximate surface area is 172 Å². The zero-order valence-corrected chi connectivity index (χ0v) is 17.0. The molecule has 1 aromatic carbocycles. The lowest BCUT2D eigenvalue weighted by atomic mass is 10.1. The molecule has 1 aliphatic heterocycles. The molecule has 2 aromatic heterocycles. The van der Waals surface area contributed by atoms with Crippen molar-refractivity contribution < 1.29 is 13.9 Å². The zero-order valence-electron chi connectivity index (χ0n) is 16.2. The van der Waals surface area contributed by atoms with Gasteiger partial charge in [-0.25, -0.2) is 4.39 Å². The standard InChI is InChI=1S/C21H23FN4O2S/c1-25-19(12-18(24-25)15-2-4-17(22)5-3-15)21(27)23-13-20(16-6-11-29-14-16)26-7-9-28-10-8-26/h2-6,11-12,14,20H,7-10,13H2,1H3,(H,23,27)/t20-/m1/s1. The Kier molecular flexibility index (Phi) is 6.03. The first-order valence-electron chi connectivity index (χ1n) is 9.54. The first-order valence-corrected chi connectivity index (χ1v) is 10.5. The lowest BCUT2D eigenvalue weighted by Gasteiger charge is -2.34. The van der Waals surface area contributed by atoms with Gasteiger partial charge in [-0.2, -0.15) is 16.4 Å². The number of nitrogens with one attached hydrogen (secondary N) is 1. The smallest absolute Gasteiger partial charge is 0.269 e. The number of thiophene rings is 1. The van der Waals surface area contributed by atoms with Crippen molar-refractivity contribution in [3.63, 3.8) is 0 Å². The van der Waals surface area contributed by atoms with Crippen LogP contribution < -0.4 is 5.32 Å². The number of nitrogens with zero attached hydrogens (tertiary/aromatic N) is 3. The number of morpholine rings is 1. The van der Waals surface area contributed by atoms with Crippen molar-refractivity contribution in [3.8, 4) is 11.3 Å². The summed E-state index contributed by atoms with van der Waals surface area (Å²) < 4.78 is 20.2. The van der Waals surface area contributed by atoms with Crippen LogP contribution in [0, 0.1) is 5.82 Å². The summed E-state index contributed by atoms with van der Waals surface area (Å²) in [5, 5.41) is 11.7. The molecule has 1 N–H and O–H groups in total. The SMILES string of the molecule is Cn1nc(-c2ccc(F)cc2)cc1C(=O)NC[C@H](c1ccsc1)N1CCOCC1. The fourth-order valence-electron chi connectivity index (χ4n) is 3.53. The summed E-state index contributed by atoms with van der Waals surface area (Å²) in [4.78, 5) is 15.2. The van der Waals surface area contributed by atoms with Gasteiger partial charge in [0.25, 0.3) is 5.91 Å². The first kappa shape index (κ1) is 19.8. The average molecular weight is 415 g/mol. The third kappa shape index (κ3) is 4.55. The number of amides is 1. The lowest BCUT2D eigenvalue weighted by Crippen LogP contribution is -2.43. The number of ether oxygens (including phenoxy) is 1. The number of aryl methyl sites for hydroxylation is 1. The minimum Gasteiger partial charge on any atom is -0.379 e. The summed E-state index contributed by atoms with van der Waals surface area (Å²) in [5.41, 5.74) is 3.08. The molecule has 3 heterocycles. The Bertz CT molecular complexity index is 950. The van der Waals surface area contributed by atoms with Crippen LogP contribution in [0.1, 0.15) is 22.1 Å². The minimum absolute atomic E-state index is 0.110. The van der Waals surface area contributed by atoms with Gasteiger partial charge in [0, 0.05) is 32.2 Å². The summed E-state index contributed by atoms with van der Waals surface area (Å²) >= 11 is 1.66. The summed E-state index contributed by atoms with van der Waals surface area (Å²) in [6, 6.07) is 10.0. The van der Waals surface area contributed by atoms with E-state index in [1.54, 1.807) is 41.3 Å². The molecule has 0 saturated carbocycles. The van der Waals surface area contributed by atoms with Crippen molar-refractivity contribution in [1.82, 2.24) is 20.0 Å². The van der Waals surface area contributed by atoms with Crippen LogP contribution in [-0.4, -0.2) is 53.4 Å². The van der Waals surface area contributed by atoms with Crippen molar-refractivity contribution in [1.29, 1.82) is 0 Å². The Morgan fingerprint density at radius 3 is 2.72 bits per heavy atom. The Morgan fingerprint density at radius 1 is 1.28 bits per heavy atom. The van der Waals surface area contributed by atoms with Crippen LogP contribution in [0.4, 0.5) is 4.39 Å². The molecule has 0 unspecified atom stereocenters. The molecule has 0 aliphatic carbocycles. The Hall–Kier alpha value is -2.55. The normalized spacial score (nSPS) is 15.9. The highest BCUT2D eigenvalue weighted by Crippen LogP contribution is 2.24. The van der Waals surface area contributed by atoms with E-state index < -0.39 is 0 Å². The summed E-state index contributed by atoms with van der Waals surface area (Å²) in [5.74, 6) is -0.480. The molecule has 1 aliphatic rings. The van der Waals surface area contributed by atoms with Crippen LogP contribution in [-0.2, 0) is 11.8 Å². The number of aromatic nitrogens is 2. The molecule has 0 radical (unpaired) electrons. The third-order valence-corrected chi connectivity index (χ3v) is 5.82. The van der Waals surface area contributed by atoms with Crippen molar-refractivity contribution in [3.05, 3.63) is 64.2 Å². The highest BCUT2D eigenvalue weighted by atomic mass is 32.1. The van der Waals surface area contributed by atoms with E-state index in [-0.39, 0.29) is 17.8 Å². The van der Waals surface area contributed by atoms with Gasteiger partial charge in [0.05, 0.1) is 24.9 Å². The van der Waals surface area contributed by atoms with Gasteiger partial charge in [-0.05, 0) is 52.7 Å². The largest absolute Gasteiger partial charge is 0.379 e. The van der Waals surface area contributed by atoms with Crippen molar-refractivity contribution in [2.45, 2.75) is 6.04 Å². The monoisotopic (exact) mass is 414 g/mol. The van der Waals surface area contributed by atoms with Gasteiger partial charge >= 0.3 is 0 Å². The molecule has 1 amide bonds. The number of hydrogen-bond acceptors (Lipinski definition) is 5. The third-order valence-electron chi connectivity index (χ3n) is 5.12. The quantitative estimate of drug-likeness (QED) is 0.674. The van der Waals surface area contributed by atoms with Gasteiger partial charge in [0.1, 0.15) is 11.5 Å². The molecular formula is C21H23FN4O2S. The predicted octanol–water partition coefficient (Wildman–Crippen LogP) is 3.09. The van der Waals surface area contributed by atoms with Crippen molar-refractivity contribution >= 4 is 17.2 Å². The maximum Gasteiger partial charge on any atom is 0.269 e. The molecule has 152 valence electrons. The second-order valence-corrected chi connectivity index (χ2v) is 7.76. The van der Waals surface area contributed by atoms with Gasteiger partial charge in [0.2, 0.25) is 0 Å². The Morgan fingerprint density at radius 2 is 2.03 bits per heavy atom. The van der Waals surface area contributed by atoms with E-state index in [2.05, 4.69) is 32.1 Å². The fraction of sp³-hybridized carbons (Fsp3) is 0.333. The van der Waals surface area contributed by atoms with Crippen molar-refractivity contribution in [2.75, 3.05) is 32.8 Å². The predicted molar refractivity (Wildman–Crippen MR) is 110 cm³/mol. The second kappa shape index (κ2) is 8.86. The number of benzene rings is 1. The average Bonchev–Trinajstić information content (AvgIpc) is 3.40. The minimum atomic E-state index is -0.301. The zero-order chi connectivity index (χ0) is 20.2. The van der Waals surface area contributed by atoms with Gasteiger partial charge in [-0.15, -0.1) is 0 Å². The van der Waals surface area contributed by atoms with E-state index in [1.165, 1.54) is 17.7 Å². The van der Waals surface area contributed by atoms with Crippen LogP contribution in [0.25, 0.3) is 11.3 Å². The lowest BCUT2D eigenvalue weighted by molar-refractivity contribution is 0.0163. The molecule has 6 nitrogen and oxygen atoms in total. The molecule has 4 rings (SSSR count). The van der Waals surface area contributed by atoms with Crippen molar-refractivity contribution in [2.24, 2.45) is 7.05 Å². The first-order chi connectivity index (χ1) is 14.1. The number of halogens is 1. The number of carbonyl (C=O) groups is 1. The number of rotatable bonds is 6. The van der Waals surface area contributed by atoms with Crippen LogP contribution in [0.5, 0.6) is 0 Å². The van der Waals surface area contributed by atoms with Crippen LogP contribution in [0.3, 0.4) is 0 Å². The van der Waals surface area contributed by atoms with E-state index in [9.17, 15) is 9.18 Å². The van der Waals surface area contributed by atoms with Crippen LogP contribution in [0.2, 0.25) is 0 Å². The van der Waals surface area contributed by atoms with E-state index >= 15 is 0 Å². The molecule has 3 aromatic rings. The van der Waals surface area contributed by atoms with Gasteiger partial charge < -0.3 is 10.1 Å². The summed E-state index contributed by atoms with van der Waals surface area (Å²) in [6.45, 7) is 3.61. The topological polar surface area (TPSA) is 59.4 Å². The maximum atomic E-state index is 13.2. The fourth-order valence-corrected chi connectivity index (χ4v) is 4.24. The highest BCUT2D eigenvalue weighted by molar-refractivity contribution is 7.07. The molecule has 1 saturated heterocycles. The molecular weight excluding hydrogens is 391 g/mol. The highest BCUT2D eigenvalue weighted by Gasteiger charge is 2.24.